The molecule has 1 atom stereocenters. The zero-order valence-electron chi connectivity index (χ0n) is 13.1. The molecule has 118 valence electrons. The number of H-pyrrole nitrogens is 1. The van der Waals surface area contributed by atoms with Crippen LogP contribution in [0.25, 0.3) is 0 Å². The molecule has 2 heterocycles. The molecule has 0 bridgehead atoms. The molecule has 0 amide bonds. The number of allylic oxidation sites excluding steroid dienone is 1. The van der Waals surface area contributed by atoms with Gasteiger partial charge in [0.05, 0.1) is 13.0 Å². The first-order chi connectivity index (χ1) is 11.2. The summed E-state index contributed by atoms with van der Waals surface area (Å²) in [6, 6.07) is 9.80. The predicted octanol–water partition coefficient (Wildman–Crippen LogP) is 2.59. The topological polar surface area (TPSA) is 97.0 Å². The molecule has 6 heteroatoms. The van der Waals surface area contributed by atoms with Crippen molar-refractivity contribution in [1.29, 1.82) is 5.26 Å². The monoisotopic (exact) mass is 310 g/mol. The number of nitrogens with two attached hydrogens (primary N) is 1. The summed E-state index contributed by atoms with van der Waals surface area (Å²) in [5.74, 6) is 1.04. The van der Waals surface area contributed by atoms with Gasteiger partial charge in [-0.05, 0) is 24.1 Å². The molecule has 3 N–H and O–H groups in total. The van der Waals surface area contributed by atoms with Crippen LogP contribution in [-0.2, 0) is 6.42 Å². The van der Waals surface area contributed by atoms with E-state index in [0.29, 0.717) is 11.5 Å². The van der Waals surface area contributed by atoms with Gasteiger partial charge in [-0.15, -0.1) is 5.10 Å². The third-order valence-electron chi connectivity index (χ3n) is 3.97. The lowest BCUT2D eigenvalue weighted by Gasteiger charge is -2.24. The van der Waals surface area contributed by atoms with E-state index in [2.05, 4.69) is 23.2 Å². The minimum Gasteiger partial charge on any atom is -0.497 e. The standard InChI is InChI=1S/C17H18N4O2/c1-3-4-13-15-14(10-5-7-11(22-2)8-6-10)12(9-18)16(19)23-17(15)21-20-13/h5-8,14H,3-4,19H2,1-2H3,(H,20,21). The summed E-state index contributed by atoms with van der Waals surface area (Å²) in [4.78, 5) is 0. The SMILES string of the molecule is CCCc1[nH]nc2c1C(c1ccc(OC)cc1)C(C#N)=C(N)O2. The molecule has 1 aromatic carbocycles. The van der Waals surface area contributed by atoms with Gasteiger partial charge in [0.25, 0.3) is 0 Å². The van der Waals surface area contributed by atoms with E-state index >= 15 is 0 Å². The fraction of sp³-hybridized carbons (Fsp3) is 0.294. The van der Waals surface area contributed by atoms with Crippen LogP contribution >= 0.6 is 0 Å². The van der Waals surface area contributed by atoms with Gasteiger partial charge < -0.3 is 15.2 Å². The summed E-state index contributed by atoms with van der Waals surface area (Å²) < 4.78 is 10.7. The Labute approximate surface area is 134 Å². The number of hydrogen-bond donors (Lipinski definition) is 2. The highest BCUT2D eigenvalue weighted by Gasteiger charge is 2.34. The van der Waals surface area contributed by atoms with Gasteiger partial charge in [-0.3, -0.25) is 5.10 Å². The van der Waals surface area contributed by atoms with Crippen LogP contribution in [0, 0.1) is 11.3 Å². The molecule has 1 aromatic heterocycles. The van der Waals surface area contributed by atoms with Crippen LogP contribution in [-0.4, -0.2) is 17.3 Å². The summed E-state index contributed by atoms with van der Waals surface area (Å²) in [5.41, 5.74) is 9.15. The molecule has 1 aliphatic rings. The van der Waals surface area contributed by atoms with Gasteiger partial charge in [0.1, 0.15) is 17.4 Å². The van der Waals surface area contributed by atoms with Crippen molar-refractivity contribution in [2.45, 2.75) is 25.7 Å². The van der Waals surface area contributed by atoms with Crippen molar-refractivity contribution in [3.8, 4) is 17.7 Å². The molecule has 0 aliphatic carbocycles. The molecule has 1 unspecified atom stereocenters. The number of aromatic amines is 1. The number of nitrogens with zero attached hydrogens (tertiary/aromatic N) is 2. The number of nitriles is 1. The molecule has 0 spiro atoms. The molecule has 1 aliphatic heterocycles. The van der Waals surface area contributed by atoms with E-state index in [4.69, 9.17) is 15.2 Å². The maximum Gasteiger partial charge on any atom is 0.244 e. The molecule has 3 rings (SSSR count). The number of nitrogens with one attached hydrogen (secondary N) is 1. The number of rotatable bonds is 4. The third kappa shape index (κ3) is 2.50. The number of ether oxygens (including phenoxy) is 2. The summed E-state index contributed by atoms with van der Waals surface area (Å²) in [5, 5.41) is 16.8. The van der Waals surface area contributed by atoms with E-state index in [-0.39, 0.29) is 11.8 Å². The lowest BCUT2D eigenvalue weighted by Crippen LogP contribution is -2.21. The Morgan fingerprint density at radius 3 is 2.74 bits per heavy atom. The van der Waals surface area contributed by atoms with E-state index in [9.17, 15) is 5.26 Å². The number of hydrogen-bond acceptors (Lipinski definition) is 5. The van der Waals surface area contributed by atoms with Crippen molar-refractivity contribution >= 4 is 0 Å². The lowest BCUT2D eigenvalue weighted by atomic mass is 9.83. The Morgan fingerprint density at radius 2 is 2.13 bits per heavy atom. The van der Waals surface area contributed by atoms with E-state index in [1.54, 1.807) is 7.11 Å². The second-order valence-electron chi connectivity index (χ2n) is 5.37. The van der Waals surface area contributed by atoms with Gasteiger partial charge in [0.2, 0.25) is 11.8 Å². The molecule has 2 aromatic rings. The van der Waals surface area contributed by atoms with Crippen LogP contribution in [0.4, 0.5) is 0 Å². The fourth-order valence-electron chi connectivity index (χ4n) is 2.88. The second kappa shape index (κ2) is 6.05. The van der Waals surface area contributed by atoms with Gasteiger partial charge in [0, 0.05) is 11.3 Å². The van der Waals surface area contributed by atoms with Gasteiger partial charge in [-0.2, -0.15) is 5.26 Å². The maximum atomic E-state index is 9.55. The van der Waals surface area contributed by atoms with Crippen molar-refractivity contribution in [2.24, 2.45) is 5.73 Å². The lowest BCUT2D eigenvalue weighted by molar-refractivity contribution is 0.378. The zero-order valence-corrected chi connectivity index (χ0v) is 13.1. The molecular formula is C17H18N4O2. The van der Waals surface area contributed by atoms with Crippen LogP contribution in [0.15, 0.2) is 35.7 Å². The number of aryl methyl sites for hydroxylation is 1. The van der Waals surface area contributed by atoms with Gasteiger partial charge >= 0.3 is 0 Å². The van der Waals surface area contributed by atoms with E-state index in [0.717, 1.165) is 35.4 Å². The first-order valence-corrected chi connectivity index (χ1v) is 7.48. The number of methoxy groups -OCH3 is 1. The first kappa shape index (κ1) is 15.0. The number of fused-ring (bicyclic) bond motifs is 1. The third-order valence-corrected chi connectivity index (χ3v) is 3.97. The molecule has 0 saturated carbocycles. The maximum absolute atomic E-state index is 9.55. The second-order valence-corrected chi connectivity index (χ2v) is 5.37. The highest BCUT2D eigenvalue weighted by atomic mass is 16.5. The van der Waals surface area contributed by atoms with Gasteiger partial charge in [0.15, 0.2) is 0 Å². The fourth-order valence-corrected chi connectivity index (χ4v) is 2.88. The Morgan fingerprint density at radius 1 is 1.39 bits per heavy atom. The number of aromatic nitrogens is 2. The van der Waals surface area contributed by atoms with Crippen LogP contribution < -0.4 is 15.2 Å². The number of benzene rings is 1. The summed E-state index contributed by atoms with van der Waals surface area (Å²) in [6.45, 7) is 2.09. The van der Waals surface area contributed by atoms with E-state index < -0.39 is 0 Å². The summed E-state index contributed by atoms with van der Waals surface area (Å²) in [6.07, 6.45) is 1.79. The largest absolute Gasteiger partial charge is 0.497 e. The van der Waals surface area contributed by atoms with Gasteiger partial charge in [-0.1, -0.05) is 25.5 Å². The Balaban J connectivity index is 2.15. The molecule has 23 heavy (non-hydrogen) atoms. The molecule has 0 radical (unpaired) electrons. The molecule has 0 fully saturated rings. The van der Waals surface area contributed by atoms with Crippen LogP contribution in [0.1, 0.15) is 36.1 Å². The van der Waals surface area contributed by atoms with Crippen molar-refractivity contribution in [1.82, 2.24) is 10.2 Å². The Bertz CT molecular complexity index is 784. The van der Waals surface area contributed by atoms with Crippen LogP contribution in [0.2, 0.25) is 0 Å². The Kier molecular flexibility index (Phi) is 3.94. The minimum absolute atomic E-state index is 0.107. The van der Waals surface area contributed by atoms with Crippen molar-refractivity contribution < 1.29 is 9.47 Å². The smallest absolute Gasteiger partial charge is 0.244 e. The highest BCUT2D eigenvalue weighted by molar-refractivity contribution is 5.55. The normalized spacial score (nSPS) is 16.5. The summed E-state index contributed by atoms with van der Waals surface area (Å²) in [7, 11) is 1.62. The summed E-state index contributed by atoms with van der Waals surface area (Å²) >= 11 is 0. The zero-order chi connectivity index (χ0) is 16.4. The van der Waals surface area contributed by atoms with Crippen LogP contribution in [0.5, 0.6) is 11.6 Å². The van der Waals surface area contributed by atoms with Crippen molar-refractivity contribution in [2.75, 3.05) is 7.11 Å². The molecule has 0 saturated heterocycles. The average molecular weight is 310 g/mol. The van der Waals surface area contributed by atoms with Crippen molar-refractivity contribution in [3.63, 3.8) is 0 Å². The Hall–Kier alpha value is -2.94. The highest BCUT2D eigenvalue weighted by Crippen LogP contribution is 2.43. The van der Waals surface area contributed by atoms with Crippen molar-refractivity contribution in [3.05, 3.63) is 52.5 Å². The van der Waals surface area contributed by atoms with E-state index in [1.807, 2.05) is 24.3 Å². The average Bonchev–Trinajstić information content (AvgIpc) is 2.96. The first-order valence-electron chi connectivity index (χ1n) is 7.48. The quantitative estimate of drug-likeness (QED) is 0.904. The molecular weight excluding hydrogens is 292 g/mol. The van der Waals surface area contributed by atoms with Crippen LogP contribution in [0.3, 0.4) is 0 Å². The predicted molar refractivity (Wildman–Crippen MR) is 84.9 cm³/mol. The molecule has 6 nitrogen and oxygen atoms in total. The minimum atomic E-state index is -0.282. The van der Waals surface area contributed by atoms with Gasteiger partial charge in [-0.25, -0.2) is 0 Å². The van der Waals surface area contributed by atoms with E-state index in [1.165, 1.54) is 0 Å².